The number of rotatable bonds is 2. The SMILES string of the molecule is O=C1Nc2ccccc2C1=Cc1ccc2cccccc1-2.O=Cc1ccc2cccccc1-2. The van der Waals surface area contributed by atoms with Crippen LogP contribution in [0.15, 0.2) is 109 Å². The Bertz CT molecular complexity index is 1430. The van der Waals surface area contributed by atoms with Gasteiger partial charge in [-0.2, -0.15) is 0 Å². The van der Waals surface area contributed by atoms with Crippen LogP contribution in [0.5, 0.6) is 0 Å². The van der Waals surface area contributed by atoms with E-state index in [1.807, 2.05) is 91.0 Å². The molecule has 158 valence electrons. The molecule has 33 heavy (non-hydrogen) atoms. The van der Waals surface area contributed by atoms with Gasteiger partial charge in [0, 0.05) is 22.4 Å². The smallest absolute Gasteiger partial charge is 0.256 e. The van der Waals surface area contributed by atoms with Crippen molar-refractivity contribution in [3.63, 3.8) is 0 Å². The first-order valence-corrected chi connectivity index (χ1v) is 10.8. The maximum absolute atomic E-state index is 12.2. The van der Waals surface area contributed by atoms with Gasteiger partial charge in [0.1, 0.15) is 0 Å². The first-order valence-electron chi connectivity index (χ1n) is 10.8. The third kappa shape index (κ3) is 4.04. The quantitative estimate of drug-likeness (QED) is 0.246. The highest BCUT2D eigenvalue weighted by molar-refractivity contribution is 6.35. The summed E-state index contributed by atoms with van der Waals surface area (Å²) >= 11 is 0. The Hall–Kier alpha value is -4.50. The molecule has 0 bridgehead atoms. The summed E-state index contributed by atoms with van der Waals surface area (Å²) in [6.45, 7) is 0. The van der Waals surface area contributed by atoms with Crippen molar-refractivity contribution in [1.82, 2.24) is 0 Å². The van der Waals surface area contributed by atoms with Crippen LogP contribution in [0.3, 0.4) is 0 Å². The van der Waals surface area contributed by atoms with Crippen LogP contribution in [0.1, 0.15) is 21.5 Å². The van der Waals surface area contributed by atoms with E-state index < -0.39 is 0 Å². The molecule has 1 aromatic carbocycles. The zero-order valence-corrected chi connectivity index (χ0v) is 17.9. The number of hydrogen-bond acceptors (Lipinski definition) is 2. The summed E-state index contributed by atoms with van der Waals surface area (Å²) in [5, 5.41) is 2.91. The molecule has 0 radical (unpaired) electrons. The van der Waals surface area contributed by atoms with Gasteiger partial charge in [0.05, 0.1) is 0 Å². The second-order valence-corrected chi connectivity index (χ2v) is 7.81. The third-order valence-electron chi connectivity index (χ3n) is 5.79. The monoisotopic (exact) mass is 427 g/mol. The number of nitrogens with one attached hydrogen (secondary N) is 1. The Morgan fingerprint density at radius 3 is 1.79 bits per heavy atom. The van der Waals surface area contributed by atoms with Gasteiger partial charge >= 0.3 is 0 Å². The number of hydrogen-bond donors (Lipinski definition) is 1. The largest absolute Gasteiger partial charge is 0.321 e. The lowest BCUT2D eigenvalue weighted by atomic mass is 10.0. The van der Waals surface area contributed by atoms with E-state index in [1.165, 1.54) is 5.56 Å². The fraction of sp³-hybridized carbons (Fsp3) is 0. The summed E-state index contributed by atoms with van der Waals surface area (Å²) < 4.78 is 0. The van der Waals surface area contributed by atoms with E-state index >= 15 is 0 Å². The molecule has 0 saturated heterocycles. The Morgan fingerprint density at radius 1 is 0.545 bits per heavy atom. The predicted molar refractivity (Wildman–Crippen MR) is 134 cm³/mol. The van der Waals surface area contributed by atoms with Crippen LogP contribution in [0.4, 0.5) is 5.69 Å². The van der Waals surface area contributed by atoms with Gasteiger partial charge in [0.25, 0.3) is 5.91 Å². The van der Waals surface area contributed by atoms with Gasteiger partial charge in [-0.05, 0) is 40.0 Å². The highest BCUT2D eigenvalue weighted by atomic mass is 16.2. The number of para-hydroxylation sites is 1. The van der Waals surface area contributed by atoms with Crippen molar-refractivity contribution < 1.29 is 9.59 Å². The molecule has 1 aliphatic heterocycles. The van der Waals surface area contributed by atoms with Crippen LogP contribution in [0, 0.1) is 0 Å². The Morgan fingerprint density at radius 2 is 1.09 bits per heavy atom. The molecular formula is C30H21NO2. The molecular weight excluding hydrogens is 406 g/mol. The van der Waals surface area contributed by atoms with Crippen LogP contribution >= 0.6 is 0 Å². The Balaban J connectivity index is 0.000000162. The summed E-state index contributed by atoms with van der Waals surface area (Å²) in [5.41, 5.74) is 8.89. The molecule has 1 aromatic rings. The second-order valence-electron chi connectivity index (χ2n) is 7.81. The van der Waals surface area contributed by atoms with Gasteiger partial charge in [0.2, 0.25) is 0 Å². The highest BCUT2D eigenvalue weighted by Crippen LogP contribution is 2.35. The predicted octanol–water partition coefficient (Wildman–Crippen LogP) is 6.89. The zero-order chi connectivity index (χ0) is 22.6. The summed E-state index contributed by atoms with van der Waals surface area (Å²) in [5.74, 6) is -0.0362. The summed E-state index contributed by atoms with van der Waals surface area (Å²) in [7, 11) is 0. The summed E-state index contributed by atoms with van der Waals surface area (Å²) in [4.78, 5) is 22.8. The van der Waals surface area contributed by atoms with Gasteiger partial charge in [-0.15, -0.1) is 0 Å². The number of anilines is 1. The molecule has 1 heterocycles. The molecule has 5 aliphatic rings. The van der Waals surface area contributed by atoms with E-state index in [9.17, 15) is 9.59 Å². The number of fused-ring (bicyclic) bond motifs is 3. The lowest BCUT2D eigenvalue weighted by Crippen LogP contribution is -2.03. The topological polar surface area (TPSA) is 46.2 Å². The average molecular weight is 428 g/mol. The zero-order valence-electron chi connectivity index (χ0n) is 17.9. The van der Waals surface area contributed by atoms with Gasteiger partial charge in [-0.3, -0.25) is 9.59 Å². The van der Waals surface area contributed by atoms with Crippen LogP contribution in [0.2, 0.25) is 0 Å². The maximum atomic E-state index is 12.2. The normalized spacial score (nSPS) is 13.3. The molecule has 6 rings (SSSR count). The molecule has 0 saturated carbocycles. The van der Waals surface area contributed by atoms with Crippen molar-refractivity contribution in [2.24, 2.45) is 0 Å². The second kappa shape index (κ2) is 8.93. The minimum atomic E-state index is -0.0362. The van der Waals surface area contributed by atoms with Gasteiger partial charge < -0.3 is 5.32 Å². The van der Waals surface area contributed by atoms with E-state index in [1.54, 1.807) is 0 Å². The van der Waals surface area contributed by atoms with Crippen LogP contribution in [-0.2, 0) is 4.79 Å². The molecule has 1 N–H and O–H groups in total. The number of carbonyl (C=O) groups excluding carboxylic acids is 2. The fourth-order valence-corrected chi connectivity index (χ4v) is 4.14. The maximum Gasteiger partial charge on any atom is 0.256 e. The molecule has 0 atom stereocenters. The summed E-state index contributed by atoms with van der Waals surface area (Å²) in [6, 6.07) is 35.8. The molecule has 3 nitrogen and oxygen atoms in total. The van der Waals surface area contributed by atoms with Gasteiger partial charge in [0.15, 0.2) is 6.29 Å². The van der Waals surface area contributed by atoms with Crippen molar-refractivity contribution >= 4 is 29.5 Å². The highest BCUT2D eigenvalue weighted by Gasteiger charge is 2.23. The molecule has 0 fully saturated rings. The summed E-state index contributed by atoms with van der Waals surface area (Å²) in [6.07, 6.45) is 2.87. The van der Waals surface area contributed by atoms with Crippen molar-refractivity contribution in [1.29, 1.82) is 0 Å². The van der Waals surface area contributed by atoms with Crippen LogP contribution in [0.25, 0.3) is 33.9 Å². The van der Waals surface area contributed by atoms with Gasteiger partial charge in [-0.1, -0.05) is 103 Å². The van der Waals surface area contributed by atoms with Crippen molar-refractivity contribution in [3.8, 4) is 22.3 Å². The van der Waals surface area contributed by atoms with E-state index in [0.29, 0.717) is 0 Å². The molecule has 1 amide bonds. The van der Waals surface area contributed by atoms with Crippen molar-refractivity contribution in [2.45, 2.75) is 0 Å². The van der Waals surface area contributed by atoms with Crippen LogP contribution in [-0.4, -0.2) is 12.2 Å². The lowest BCUT2D eigenvalue weighted by molar-refractivity contribution is -0.110. The van der Waals surface area contributed by atoms with Crippen LogP contribution < -0.4 is 5.32 Å². The Kier molecular flexibility index (Phi) is 5.52. The van der Waals surface area contributed by atoms with Gasteiger partial charge in [-0.25, -0.2) is 0 Å². The Labute approximate surface area is 192 Å². The molecule has 4 aliphatic carbocycles. The molecule has 0 spiro atoms. The van der Waals surface area contributed by atoms with E-state index in [2.05, 4.69) is 29.6 Å². The third-order valence-corrected chi connectivity index (χ3v) is 5.79. The van der Waals surface area contributed by atoms with E-state index in [4.69, 9.17) is 0 Å². The standard InChI is InChI=1S/C19H13NO.C11H8O/c21-19-17(16-8-4-5-9-18(16)20-19)12-14-11-10-13-6-2-1-3-7-15(13)14;12-8-10-7-6-9-4-2-1-3-5-11(9)10/h1-12H,(H,20,21);1-8H. The van der Waals surface area contributed by atoms with E-state index in [0.717, 1.165) is 50.9 Å². The molecule has 0 aromatic heterocycles. The van der Waals surface area contributed by atoms with E-state index in [-0.39, 0.29) is 5.91 Å². The molecule has 0 unspecified atom stereocenters. The first kappa shape index (κ1) is 20.4. The number of carbonyl (C=O) groups is 2. The minimum absolute atomic E-state index is 0.0362. The van der Waals surface area contributed by atoms with Crippen molar-refractivity contribution in [3.05, 3.63) is 126 Å². The van der Waals surface area contributed by atoms with Crippen molar-refractivity contribution in [2.75, 3.05) is 5.32 Å². The lowest BCUT2D eigenvalue weighted by Gasteiger charge is -1.99. The molecule has 3 heteroatoms. The average Bonchev–Trinajstić information content (AvgIpc) is 3.36. The minimum Gasteiger partial charge on any atom is -0.321 e. The number of amides is 1. The first-order chi connectivity index (χ1) is 16.2. The number of aldehydes is 1. The number of benzene rings is 1. The fourth-order valence-electron chi connectivity index (χ4n) is 4.14.